The molecule has 160 valence electrons. The van der Waals surface area contributed by atoms with Crippen LogP contribution in [0.15, 0.2) is 40.2 Å². The average molecular weight is 440 g/mol. The lowest BCUT2D eigenvalue weighted by atomic mass is 9.91. The van der Waals surface area contributed by atoms with Gasteiger partial charge in [0.15, 0.2) is 9.84 Å². The molecule has 0 bridgehead atoms. The summed E-state index contributed by atoms with van der Waals surface area (Å²) in [5.74, 6) is -3.45. The second-order valence-corrected chi connectivity index (χ2v) is 8.83. The first-order valence-electron chi connectivity index (χ1n) is 8.84. The second kappa shape index (κ2) is 8.01. The van der Waals surface area contributed by atoms with Crippen LogP contribution in [0.5, 0.6) is 5.88 Å². The molecule has 1 aromatic heterocycles. The van der Waals surface area contributed by atoms with E-state index in [0.717, 1.165) is 6.21 Å². The highest BCUT2D eigenvalue weighted by atomic mass is 32.2. The Kier molecular flexibility index (Phi) is 5.79. The first-order chi connectivity index (χ1) is 14.0. The number of halogens is 2. The van der Waals surface area contributed by atoms with Gasteiger partial charge in [0.1, 0.15) is 22.9 Å². The van der Waals surface area contributed by atoms with Crippen LogP contribution in [0.2, 0.25) is 0 Å². The Bertz CT molecular complexity index is 1090. The molecule has 1 saturated carbocycles. The van der Waals surface area contributed by atoms with Gasteiger partial charge in [-0.15, -0.1) is 0 Å². The molecule has 1 unspecified atom stereocenters. The molecule has 30 heavy (non-hydrogen) atoms. The normalized spacial score (nSPS) is 17.5. The molecular formula is C18H18F2N4O5S. The van der Waals surface area contributed by atoms with Gasteiger partial charge in [-0.2, -0.15) is 4.98 Å². The van der Waals surface area contributed by atoms with Crippen molar-refractivity contribution in [2.45, 2.75) is 41.9 Å². The Morgan fingerprint density at radius 3 is 2.47 bits per heavy atom. The Morgan fingerprint density at radius 2 is 1.93 bits per heavy atom. The maximum atomic E-state index is 13.2. The van der Waals surface area contributed by atoms with Crippen molar-refractivity contribution in [1.82, 2.24) is 9.97 Å². The third-order valence-electron chi connectivity index (χ3n) is 4.46. The van der Waals surface area contributed by atoms with Gasteiger partial charge in [-0.05, 0) is 19.1 Å². The molecule has 9 nitrogen and oxygen atoms in total. The minimum absolute atomic E-state index is 0.00514. The Morgan fingerprint density at radius 1 is 1.30 bits per heavy atom. The van der Waals surface area contributed by atoms with Crippen molar-refractivity contribution in [1.29, 1.82) is 0 Å². The predicted octanol–water partition coefficient (Wildman–Crippen LogP) is 3.09. The Hall–Kier alpha value is -3.02. The van der Waals surface area contributed by atoms with E-state index in [0.29, 0.717) is 0 Å². The van der Waals surface area contributed by atoms with Crippen molar-refractivity contribution in [2.24, 2.45) is 4.99 Å². The van der Waals surface area contributed by atoms with E-state index in [1.807, 2.05) is 0 Å². The molecule has 1 heterocycles. The average Bonchev–Trinajstić information content (AvgIpc) is 2.64. The molecule has 0 saturated heterocycles. The highest BCUT2D eigenvalue weighted by Gasteiger charge is 2.48. The zero-order valence-electron chi connectivity index (χ0n) is 16.0. The highest BCUT2D eigenvalue weighted by molar-refractivity contribution is 7.92. The molecule has 0 radical (unpaired) electrons. The summed E-state index contributed by atoms with van der Waals surface area (Å²) in [6, 6.07) is 7.34. The number of nitrogens with zero attached hydrogens (tertiary/aromatic N) is 4. The smallest absolute Gasteiger partial charge is 0.354 e. The van der Waals surface area contributed by atoms with Crippen molar-refractivity contribution < 1.29 is 26.9 Å². The molecule has 0 amide bonds. The number of nitro groups is 1. The minimum atomic E-state index is -4.16. The first-order valence-corrected chi connectivity index (χ1v) is 10.4. The Labute approximate surface area is 170 Å². The third kappa shape index (κ3) is 4.27. The fourth-order valence-electron chi connectivity index (χ4n) is 3.05. The molecule has 0 N–H and O–H groups in total. The number of hydrogen-bond donors (Lipinski definition) is 0. The van der Waals surface area contributed by atoms with Crippen LogP contribution in [0.1, 0.15) is 29.6 Å². The second-order valence-electron chi connectivity index (χ2n) is 6.76. The molecule has 1 aliphatic rings. The SMILES string of the molecule is CN=CC(c1nc(C)nc(OC2CC(F)(F)C2)c1[N+](=O)[O-])S(=O)(=O)c1ccccc1. The van der Waals surface area contributed by atoms with Crippen molar-refractivity contribution in [3.8, 4) is 5.88 Å². The molecule has 3 rings (SSSR count). The number of aromatic nitrogens is 2. The van der Waals surface area contributed by atoms with Crippen LogP contribution in [0.25, 0.3) is 0 Å². The van der Waals surface area contributed by atoms with Gasteiger partial charge in [-0.25, -0.2) is 22.2 Å². The number of aliphatic imine (C=N–C) groups is 1. The summed E-state index contributed by atoms with van der Waals surface area (Å²) in [7, 11) is -2.84. The van der Waals surface area contributed by atoms with E-state index in [1.165, 1.54) is 38.2 Å². The van der Waals surface area contributed by atoms with Gasteiger partial charge >= 0.3 is 5.69 Å². The van der Waals surface area contributed by atoms with Crippen LogP contribution in [0.4, 0.5) is 14.5 Å². The zero-order chi connectivity index (χ0) is 22.1. The number of aryl methyl sites for hydroxylation is 1. The van der Waals surface area contributed by atoms with Crippen molar-refractivity contribution in [3.05, 3.63) is 52.0 Å². The van der Waals surface area contributed by atoms with Crippen LogP contribution in [0.3, 0.4) is 0 Å². The van der Waals surface area contributed by atoms with Gasteiger partial charge in [0.05, 0.1) is 9.82 Å². The minimum Gasteiger partial charge on any atom is -0.469 e. The number of hydrogen-bond acceptors (Lipinski definition) is 8. The number of alkyl halides is 2. The van der Waals surface area contributed by atoms with E-state index in [1.54, 1.807) is 6.07 Å². The molecular weight excluding hydrogens is 422 g/mol. The van der Waals surface area contributed by atoms with Gasteiger partial charge in [0.25, 0.3) is 11.8 Å². The fourth-order valence-corrected chi connectivity index (χ4v) is 4.62. The standard InChI is InChI=1S/C18H18F2N4O5S/c1-11-22-15(14(10-21-2)30(27,28)13-6-4-3-5-7-13)16(24(25)26)17(23-11)29-12-8-18(19,20)9-12/h3-7,10,12,14H,8-9H2,1-2H3. The summed E-state index contributed by atoms with van der Waals surface area (Å²) in [6.45, 7) is 1.39. The summed E-state index contributed by atoms with van der Waals surface area (Å²) in [6.07, 6.45) is -1.15. The number of rotatable bonds is 7. The fraction of sp³-hybridized carbons (Fsp3) is 0.389. The molecule has 1 fully saturated rings. The van der Waals surface area contributed by atoms with E-state index in [9.17, 15) is 27.3 Å². The molecule has 1 aliphatic carbocycles. The first kappa shape index (κ1) is 21.7. The molecule has 1 aromatic carbocycles. The van der Waals surface area contributed by atoms with Crippen LogP contribution in [-0.4, -0.2) is 48.6 Å². The van der Waals surface area contributed by atoms with Crippen LogP contribution in [-0.2, 0) is 9.84 Å². The van der Waals surface area contributed by atoms with E-state index in [4.69, 9.17) is 4.74 Å². The highest BCUT2D eigenvalue weighted by Crippen LogP contribution is 2.42. The zero-order valence-corrected chi connectivity index (χ0v) is 16.8. The Balaban J connectivity index is 2.13. The van der Waals surface area contributed by atoms with E-state index in [-0.39, 0.29) is 10.7 Å². The van der Waals surface area contributed by atoms with Gasteiger partial charge in [0, 0.05) is 26.1 Å². The van der Waals surface area contributed by atoms with Crippen LogP contribution < -0.4 is 4.74 Å². The van der Waals surface area contributed by atoms with Crippen molar-refractivity contribution >= 4 is 21.7 Å². The summed E-state index contributed by atoms with van der Waals surface area (Å²) in [5, 5.41) is 10.2. The van der Waals surface area contributed by atoms with Crippen LogP contribution >= 0.6 is 0 Å². The predicted molar refractivity (Wildman–Crippen MR) is 103 cm³/mol. The van der Waals surface area contributed by atoms with Gasteiger partial charge in [-0.3, -0.25) is 15.1 Å². The lowest BCUT2D eigenvalue weighted by Gasteiger charge is -2.34. The van der Waals surface area contributed by atoms with Crippen LogP contribution in [0, 0.1) is 17.0 Å². The largest absolute Gasteiger partial charge is 0.469 e. The summed E-state index contributed by atoms with van der Waals surface area (Å²) in [5.41, 5.74) is -1.23. The van der Waals surface area contributed by atoms with Gasteiger partial charge in [-0.1, -0.05) is 18.2 Å². The lowest BCUT2D eigenvalue weighted by molar-refractivity contribution is -0.387. The summed E-state index contributed by atoms with van der Waals surface area (Å²) in [4.78, 5) is 22.4. The van der Waals surface area contributed by atoms with E-state index in [2.05, 4.69) is 15.0 Å². The molecule has 0 spiro atoms. The lowest BCUT2D eigenvalue weighted by Crippen LogP contribution is -2.43. The third-order valence-corrected chi connectivity index (χ3v) is 6.41. The summed E-state index contributed by atoms with van der Waals surface area (Å²) < 4.78 is 58.0. The number of sulfone groups is 1. The monoisotopic (exact) mass is 440 g/mol. The van der Waals surface area contributed by atoms with Gasteiger partial charge < -0.3 is 4.74 Å². The quantitative estimate of drug-likeness (QED) is 0.368. The molecule has 1 atom stereocenters. The molecule has 2 aromatic rings. The summed E-state index contributed by atoms with van der Waals surface area (Å²) >= 11 is 0. The number of benzene rings is 1. The van der Waals surface area contributed by atoms with Crippen molar-refractivity contribution in [3.63, 3.8) is 0 Å². The van der Waals surface area contributed by atoms with E-state index >= 15 is 0 Å². The van der Waals surface area contributed by atoms with Gasteiger partial charge in [0.2, 0.25) is 0 Å². The topological polar surface area (TPSA) is 125 Å². The number of ether oxygens (including phenoxy) is 1. The maximum absolute atomic E-state index is 13.2. The molecule has 12 heteroatoms. The molecule has 0 aliphatic heterocycles. The maximum Gasteiger partial charge on any atom is 0.354 e. The van der Waals surface area contributed by atoms with E-state index < -0.39 is 62.1 Å². The van der Waals surface area contributed by atoms with Crippen molar-refractivity contribution in [2.75, 3.05) is 7.05 Å².